The van der Waals surface area contributed by atoms with Gasteiger partial charge in [0.2, 0.25) is 15.9 Å². The summed E-state index contributed by atoms with van der Waals surface area (Å²) in [6, 6.07) is 13.1. The molecule has 3 heterocycles. The molecule has 0 saturated carbocycles. The molecule has 1 amide bonds. The SMILES string of the molecule is Cc1ccc(C=Cc2onc(C)c2S(=O)(=O)N2CCC(C(=O)Nc3ccc4c(c3)OCCO4)CC2)cc1. The summed E-state index contributed by atoms with van der Waals surface area (Å²) in [6.45, 7) is 5.04. The number of nitrogens with zero attached hydrogens (tertiary/aromatic N) is 2. The summed E-state index contributed by atoms with van der Waals surface area (Å²) >= 11 is 0. The van der Waals surface area contributed by atoms with E-state index < -0.39 is 10.0 Å². The summed E-state index contributed by atoms with van der Waals surface area (Å²) in [7, 11) is -3.85. The standard InChI is InChI=1S/C27H29N3O6S/c1-18-3-5-20(6-4-18)7-9-24-26(19(2)29-36-24)37(32,33)30-13-11-21(12-14-30)27(31)28-22-8-10-23-25(17-22)35-16-15-34-23/h3-10,17,21H,11-16H2,1-2H3,(H,28,31). The van der Waals surface area contributed by atoms with Crippen LogP contribution >= 0.6 is 0 Å². The second kappa shape index (κ2) is 10.4. The Labute approximate surface area is 216 Å². The van der Waals surface area contributed by atoms with Gasteiger partial charge in [-0.05, 0) is 50.5 Å². The number of benzene rings is 2. The Balaban J connectivity index is 1.24. The van der Waals surface area contributed by atoms with Crippen LogP contribution in [0.1, 0.15) is 35.4 Å². The first kappa shape index (κ1) is 25.0. The highest BCUT2D eigenvalue weighted by Crippen LogP contribution is 2.33. The summed E-state index contributed by atoms with van der Waals surface area (Å²) in [5.41, 5.74) is 2.99. The van der Waals surface area contributed by atoms with E-state index in [9.17, 15) is 13.2 Å². The van der Waals surface area contributed by atoms with Gasteiger partial charge in [-0.1, -0.05) is 41.1 Å². The van der Waals surface area contributed by atoms with Crippen molar-refractivity contribution in [2.24, 2.45) is 5.92 Å². The van der Waals surface area contributed by atoms with Crippen LogP contribution in [-0.4, -0.2) is 50.1 Å². The van der Waals surface area contributed by atoms with Gasteiger partial charge in [0.15, 0.2) is 22.2 Å². The molecule has 2 aliphatic rings. The van der Waals surface area contributed by atoms with Gasteiger partial charge in [0, 0.05) is 30.8 Å². The number of sulfonamides is 1. The quantitative estimate of drug-likeness (QED) is 0.514. The van der Waals surface area contributed by atoms with E-state index in [-0.39, 0.29) is 35.6 Å². The monoisotopic (exact) mass is 523 g/mol. The van der Waals surface area contributed by atoms with E-state index in [1.165, 1.54) is 4.31 Å². The van der Waals surface area contributed by atoms with Crippen LogP contribution in [0.15, 0.2) is 51.9 Å². The summed E-state index contributed by atoms with van der Waals surface area (Å²) in [6.07, 6.45) is 4.25. The van der Waals surface area contributed by atoms with Crippen molar-refractivity contribution < 1.29 is 27.2 Å². The summed E-state index contributed by atoms with van der Waals surface area (Å²) < 4.78 is 44.9. The van der Waals surface area contributed by atoms with Crippen LogP contribution in [-0.2, 0) is 14.8 Å². The van der Waals surface area contributed by atoms with Crippen molar-refractivity contribution in [3.05, 3.63) is 65.0 Å². The molecular weight excluding hydrogens is 494 g/mol. The molecule has 2 aliphatic heterocycles. The molecule has 10 heteroatoms. The molecule has 1 N–H and O–H groups in total. The van der Waals surface area contributed by atoms with Gasteiger partial charge in [0.25, 0.3) is 0 Å². The van der Waals surface area contributed by atoms with E-state index in [0.29, 0.717) is 48.9 Å². The molecule has 3 aromatic rings. The number of hydrogen-bond donors (Lipinski definition) is 1. The molecule has 1 saturated heterocycles. The van der Waals surface area contributed by atoms with Gasteiger partial charge < -0.3 is 19.3 Å². The minimum atomic E-state index is -3.85. The van der Waals surface area contributed by atoms with Crippen molar-refractivity contribution in [2.45, 2.75) is 31.6 Å². The zero-order chi connectivity index (χ0) is 26.0. The zero-order valence-corrected chi connectivity index (χ0v) is 21.6. The smallest absolute Gasteiger partial charge is 0.248 e. The van der Waals surface area contributed by atoms with Gasteiger partial charge in [0.1, 0.15) is 18.9 Å². The normalized spacial score (nSPS) is 16.7. The summed E-state index contributed by atoms with van der Waals surface area (Å²) in [5.74, 6) is 0.999. The topological polar surface area (TPSA) is 111 Å². The molecule has 0 bridgehead atoms. The molecule has 2 aromatic carbocycles. The van der Waals surface area contributed by atoms with Crippen molar-refractivity contribution in [1.82, 2.24) is 9.46 Å². The van der Waals surface area contributed by atoms with Crippen molar-refractivity contribution in [3.63, 3.8) is 0 Å². The number of fused-ring (bicyclic) bond motifs is 1. The molecule has 0 unspecified atom stereocenters. The number of hydrogen-bond acceptors (Lipinski definition) is 7. The minimum absolute atomic E-state index is 0.0649. The number of carbonyl (C=O) groups excluding carboxylic acids is 1. The molecule has 0 atom stereocenters. The van der Waals surface area contributed by atoms with Crippen LogP contribution in [0.3, 0.4) is 0 Å². The van der Waals surface area contributed by atoms with E-state index in [2.05, 4.69) is 10.5 Å². The van der Waals surface area contributed by atoms with E-state index in [1.807, 2.05) is 31.2 Å². The fourth-order valence-electron chi connectivity index (χ4n) is 4.50. The number of rotatable bonds is 6. The van der Waals surface area contributed by atoms with Crippen LogP contribution in [0.4, 0.5) is 5.69 Å². The van der Waals surface area contributed by atoms with Crippen LogP contribution < -0.4 is 14.8 Å². The van der Waals surface area contributed by atoms with Gasteiger partial charge in [-0.3, -0.25) is 4.79 Å². The number of ether oxygens (including phenoxy) is 2. The molecule has 194 valence electrons. The van der Waals surface area contributed by atoms with Crippen LogP contribution in [0, 0.1) is 19.8 Å². The highest BCUT2D eigenvalue weighted by atomic mass is 32.2. The Morgan fingerprint density at radius 3 is 2.43 bits per heavy atom. The van der Waals surface area contributed by atoms with Crippen LogP contribution in [0.25, 0.3) is 12.2 Å². The molecule has 0 aliphatic carbocycles. The van der Waals surface area contributed by atoms with Crippen molar-refractivity contribution >= 4 is 33.8 Å². The molecule has 1 aromatic heterocycles. The molecule has 9 nitrogen and oxygen atoms in total. The average Bonchev–Trinajstić information content (AvgIpc) is 3.29. The molecular formula is C27H29N3O6S. The first-order valence-corrected chi connectivity index (χ1v) is 13.7. The second-order valence-electron chi connectivity index (χ2n) is 9.23. The third kappa shape index (κ3) is 5.40. The van der Waals surface area contributed by atoms with E-state index in [0.717, 1.165) is 11.1 Å². The molecule has 0 spiro atoms. The molecule has 1 fully saturated rings. The highest BCUT2D eigenvalue weighted by Gasteiger charge is 2.36. The van der Waals surface area contributed by atoms with Crippen molar-refractivity contribution in [1.29, 1.82) is 0 Å². The Morgan fingerprint density at radius 2 is 1.70 bits per heavy atom. The zero-order valence-electron chi connectivity index (χ0n) is 20.8. The summed E-state index contributed by atoms with van der Waals surface area (Å²) in [5, 5.41) is 6.83. The molecule has 0 radical (unpaired) electrons. The first-order chi connectivity index (χ1) is 17.8. The molecule has 37 heavy (non-hydrogen) atoms. The Kier molecular flexibility index (Phi) is 7.03. The average molecular weight is 524 g/mol. The maximum absolute atomic E-state index is 13.5. The predicted molar refractivity (Wildman–Crippen MR) is 139 cm³/mol. The maximum atomic E-state index is 13.5. The lowest BCUT2D eigenvalue weighted by atomic mass is 9.97. The Bertz CT molecular complexity index is 1420. The Morgan fingerprint density at radius 1 is 1.00 bits per heavy atom. The van der Waals surface area contributed by atoms with Gasteiger partial charge in [-0.15, -0.1) is 0 Å². The number of amides is 1. The largest absolute Gasteiger partial charge is 0.486 e. The maximum Gasteiger partial charge on any atom is 0.248 e. The van der Waals surface area contributed by atoms with Crippen LogP contribution in [0.2, 0.25) is 0 Å². The molecule has 5 rings (SSSR count). The van der Waals surface area contributed by atoms with Gasteiger partial charge in [-0.25, -0.2) is 8.42 Å². The van der Waals surface area contributed by atoms with E-state index >= 15 is 0 Å². The number of carbonyl (C=O) groups is 1. The number of nitrogens with one attached hydrogen (secondary N) is 1. The first-order valence-electron chi connectivity index (χ1n) is 12.2. The highest BCUT2D eigenvalue weighted by molar-refractivity contribution is 7.89. The number of aromatic nitrogens is 1. The van der Waals surface area contributed by atoms with Crippen molar-refractivity contribution in [3.8, 4) is 11.5 Å². The minimum Gasteiger partial charge on any atom is -0.486 e. The lowest BCUT2D eigenvalue weighted by Crippen LogP contribution is -2.41. The van der Waals surface area contributed by atoms with Gasteiger partial charge in [-0.2, -0.15) is 4.31 Å². The van der Waals surface area contributed by atoms with Crippen LogP contribution in [0.5, 0.6) is 11.5 Å². The summed E-state index contributed by atoms with van der Waals surface area (Å²) in [4.78, 5) is 12.9. The lowest BCUT2D eigenvalue weighted by molar-refractivity contribution is -0.120. The van der Waals surface area contributed by atoms with Crippen molar-refractivity contribution in [2.75, 3.05) is 31.6 Å². The fraction of sp³-hybridized carbons (Fsp3) is 0.333. The number of anilines is 1. The number of aryl methyl sites for hydroxylation is 2. The van der Waals surface area contributed by atoms with E-state index in [1.54, 1.807) is 37.3 Å². The Hall–Kier alpha value is -3.63. The van der Waals surface area contributed by atoms with Gasteiger partial charge in [0.05, 0.1) is 0 Å². The lowest BCUT2D eigenvalue weighted by Gasteiger charge is -2.30. The third-order valence-corrected chi connectivity index (χ3v) is 8.63. The fourth-order valence-corrected chi connectivity index (χ4v) is 6.22. The predicted octanol–water partition coefficient (Wildman–Crippen LogP) is 4.27. The third-order valence-electron chi connectivity index (χ3n) is 6.57. The number of piperidine rings is 1. The van der Waals surface area contributed by atoms with Gasteiger partial charge >= 0.3 is 0 Å². The second-order valence-corrected chi connectivity index (χ2v) is 11.1. The van der Waals surface area contributed by atoms with E-state index in [4.69, 9.17) is 14.0 Å².